The molecule has 2 fully saturated rings. The maximum atomic E-state index is 11.0. The first kappa shape index (κ1) is 14.7. The van der Waals surface area contributed by atoms with Gasteiger partial charge in [0, 0.05) is 0 Å². The van der Waals surface area contributed by atoms with Crippen LogP contribution >= 0.6 is 0 Å². The summed E-state index contributed by atoms with van der Waals surface area (Å²) in [7, 11) is 0. The van der Waals surface area contributed by atoms with E-state index in [0.29, 0.717) is 32.5 Å². The van der Waals surface area contributed by atoms with Gasteiger partial charge >= 0.3 is 5.97 Å². The maximum Gasteiger partial charge on any atom is 0.333 e. The molecule has 0 amide bonds. The van der Waals surface area contributed by atoms with E-state index < -0.39 is 23.8 Å². The number of epoxide rings is 1. The quantitative estimate of drug-likeness (QED) is 0.695. The zero-order valence-electron chi connectivity index (χ0n) is 11.4. The number of aliphatic hydroxyl groups excluding tert-OH is 1. The summed E-state index contributed by atoms with van der Waals surface area (Å²) in [6, 6.07) is 0. The van der Waals surface area contributed by atoms with Crippen molar-refractivity contribution in [1.82, 2.24) is 0 Å². The van der Waals surface area contributed by atoms with Crippen molar-refractivity contribution in [3.8, 4) is 0 Å². The Morgan fingerprint density at radius 1 is 1.37 bits per heavy atom. The Kier molecular flexibility index (Phi) is 4.45. The van der Waals surface area contributed by atoms with E-state index in [1.54, 1.807) is 0 Å². The summed E-state index contributed by atoms with van der Waals surface area (Å²) < 4.78 is 16.9. The van der Waals surface area contributed by atoms with Gasteiger partial charge in [0.1, 0.15) is 0 Å². The van der Waals surface area contributed by atoms with Crippen molar-refractivity contribution < 1.29 is 29.2 Å². The van der Waals surface area contributed by atoms with Crippen molar-refractivity contribution >= 4 is 5.97 Å². The summed E-state index contributed by atoms with van der Waals surface area (Å²) in [5, 5.41) is 18.9. The van der Waals surface area contributed by atoms with Gasteiger partial charge in [-0.05, 0) is 19.3 Å². The molecule has 19 heavy (non-hydrogen) atoms. The number of hydrogen-bond donors (Lipinski definition) is 2. The predicted molar refractivity (Wildman–Crippen MR) is 65.6 cm³/mol. The van der Waals surface area contributed by atoms with Crippen molar-refractivity contribution in [1.29, 1.82) is 0 Å². The summed E-state index contributed by atoms with van der Waals surface area (Å²) in [4.78, 5) is 11.0. The van der Waals surface area contributed by atoms with Crippen molar-refractivity contribution in [2.24, 2.45) is 5.92 Å². The van der Waals surface area contributed by atoms with Crippen LogP contribution in [0.1, 0.15) is 33.1 Å². The fourth-order valence-corrected chi connectivity index (χ4v) is 2.71. The highest BCUT2D eigenvalue weighted by Crippen LogP contribution is 2.37. The lowest BCUT2D eigenvalue weighted by molar-refractivity contribution is -0.308. The standard InChI is InChI=1S/C13H22O6/c1-3-13(4-2)18-6-5-8(19-13)10(9-7-17-9)11(14)12(15)16/h8-11,14H,3-7H2,1-2H3,(H,15,16)/t8-,9-,10-,11-/m0/s1. The first-order valence-electron chi connectivity index (χ1n) is 6.87. The number of aliphatic carboxylic acids is 1. The maximum absolute atomic E-state index is 11.0. The molecule has 6 nitrogen and oxygen atoms in total. The Hall–Kier alpha value is -0.690. The molecule has 6 heteroatoms. The highest BCUT2D eigenvalue weighted by atomic mass is 16.7. The number of rotatable bonds is 6. The van der Waals surface area contributed by atoms with Gasteiger partial charge < -0.3 is 24.4 Å². The third-order valence-electron chi connectivity index (χ3n) is 4.05. The summed E-state index contributed by atoms with van der Waals surface area (Å²) in [5.41, 5.74) is 0. The fraction of sp³-hybridized carbons (Fsp3) is 0.923. The second kappa shape index (κ2) is 5.75. The number of carboxylic acid groups (broad SMARTS) is 1. The van der Waals surface area contributed by atoms with E-state index in [1.165, 1.54) is 0 Å². The van der Waals surface area contributed by atoms with Gasteiger partial charge in [-0.1, -0.05) is 13.8 Å². The van der Waals surface area contributed by atoms with Crippen molar-refractivity contribution in [2.75, 3.05) is 13.2 Å². The van der Waals surface area contributed by atoms with Gasteiger partial charge in [-0.15, -0.1) is 0 Å². The van der Waals surface area contributed by atoms with Crippen LogP contribution < -0.4 is 0 Å². The Morgan fingerprint density at radius 3 is 2.47 bits per heavy atom. The van der Waals surface area contributed by atoms with Crippen LogP contribution in [0.15, 0.2) is 0 Å². The summed E-state index contributed by atoms with van der Waals surface area (Å²) in [5.74, 6) is -2.41. The molecule has 0 aromatic carbocycles. The molecule has 0 aromatic rings. The fourth-order valence-electron chi connectivity index (χ4n) is 2.71. The van der Waals surface area contributed by atoms with Crippen molar-refractivity contribution in [3.05, 3.63) is 0 Å². The zero-order chi connectivity index (χ0) is 14.0. The number of carboxylic acids is 1. The molecule has 0 saturated carbocycles. The molecule has 2 aliphatic rings. The topological polar surface area (TPSA) is 88.5 Å². The number of aliphatic hydroxyl groups is 1. The molecule has 0 bridgehead atoms. The van der Waals surface area contributed by atoms with Gasteiger partial charge in [0.25, 0.3) is 0 Å². The number of carbonyl (C=O) groups is 1. The van der Waals surface area contributed by atoms with Crippen molar-refractivity contribution in [3.63, 3.8) is 0 Å². The zero-order valence-corrected chi connectivity index (χ0v) is 11.4. The van der Waals surface area contributed by atoms with Crippen LogP contribution in [0.3, 0.4) is 0 Å². The first-order chi connectivity index (χ1) is 9.03. The molecule has 110 valence electrons. The summed E-state index contributed by atoms with van der Waals surface area (Å²) >= 11 is 0. The molecule has 0 spiro atoms. The predicted octanol–water partition coefficient (Wildman–Crippen LogP) is 0.769. The largest absolute Gasteiger partial charge is 0.479 e. The van der Waals surface area contributed by atoms with E-state index >= 15 is 0 Å². The van der Waals surface area contributed by atoms with E-state index in [1.807, 2.05) is 13.8 Å². The molecule has 0 aliphatic carbocycles. The van der Waals surface area contributed by atoms with E-state index in [4.69, 9.17) is 19.3 Å². The van der Waals surface area contributed by atoms with E-state index in [-0.39, 0.29) is 12.2 Å². The van der Waals surface area contributed by atoms with Crippen LogP contribution in [0.2, 0.25) is 0 Å². The average molecular weight is 274 g/mol. The average Bonchev–Trinajstić information content (AvgIpc) is 3.23. The van der Waals surface area contributed by atoms with Gasteiger partial charge in [0.15, 0.2) is 11.9 Å². The molecule has 2 aliphatic heterocycles. The van der Waals surface area contributed by atoms with Crippen LogP contribution in [-0.4, -0.2) is 53.5 Å². The molecule has 4 atom stereocenters. The minimum Gasteiger partial charge on any atom is -0.479 e. The van der Waals surface area contributed by atoms with Gasteiger partial charge in [-0.3, -0.25) is 0 Å². The van der Waals surface area contributed by atoms with Gasteiger partial charge in [-0.25, -0.2) is 4.79 Å². The molecular formula is C13H22O6. The van der Waals surface area contributed by atoms with Crippen LogP contribution in [-0.2, 0) is 19.0 Å². The SMILES string of the molecule is CCC1(CC)OCC[C@@H]([C@@H]([C@@H]2CO2)[C@H](O)C(=O)O)O1. The smallest absolute Gasteiger partial charge is 0.333 e. The number of ether oxygens (including phenoxy) is 3. The third kappa shape index (κ3) is 3.08. The first-order valence-corrected chi connectivity index (χ1v) is 6.87. The molecule has 2 heterocycles. The van der Waals surface area contributed by atoms with Gasteiger partial charge in [0.05, 0.1) is 31.3 Å². The Morgan fingerprint density at radius 2 is 2.00 bits per heavy atom. The van der Waals surface area contributed by atoms with Crippen molar-refractivity contribution in [2.45, 2.75) is 57.2 Å². The molecule has 2 saturated heterocycles. The lowest BCUT2D eigenvalue weighted by Crippen LogP contribution is -2.51. The lowest BCUT2D eigenvalue weighted by atomic mass is 9.89. The van der Waals surface area contributed by atoms with Gasteiger partial charge in [0.2, 0.25) is 0 Å². The van der Waals surface area contributed by atoms with E-state index in [9.17, 15) is 9.90 Å². The highest BCUT2D eigenvalue weighted by Gasteiger charge is 2.49. The van der Waals surface area contributed by atoms with E-state index in [2.05, 4.69) is 0 Å². The molecular weight excluding hydrogens is 252 g/mol. The Bertz CT molecular complexity index is 323. The Labute approximate surface area is 112 Å². The highest BCUT2D eigenvalue weighted by molar-refractivity contribution is 5.72. The minimum atomic E-state index is -1.46. The van der Waals surface area contributed by atoms with Crippen LogP contribution in [0.4, 0.5) is 0 Å². The van der Waals surface area contributed by atoms with Crippen LogP contribution in [0.5, 0.6) is 0 Å². The molecule has 2 rings (SSSR count). The Balaban J connectivity index is 2.11. The molecule has 0 unspecified atom stereocenters. The third-order valence-corrected chi connectivity index (χ3v) is 4.05. The lowest BCUT2D eigenvalue weighted by Gasteiger charge is -2.43. The number of hydrogen-bond acceptors (Lipinski definition) is 5. The summed E-state index contributed by atoms with van der Waals surface area (Å²) in [6.45, 7) is 4.95. The minimum absolute atomic E-state index is 0.222. The second-order valence-corrected chi connectivity index (χ2v) is 5.14. The molecule has 0 radical (unpaired) electrons. The van der Waals surface area contributed by atoms with Gasteiger partial charge in [-0.2, -0.15) is 0 Å². The summed E-state index contributed by atoms with van der Waals surface area (Å²) in [6.07, 6.45) is -0.0470. The van der Waals surface area contributed by atoms with E-state index in [0.717, 1.165) is 0 Å². The van der Waals surface area contributed by atoms with Crippen LogP contribution in [0.25, 0.3) is 0 Å². The normalized spacial score (nSPS) is 32.6. The molecule has 2 N–H and O–H groups in total. The van der Waals surface area contributed by atoms with Crippen LogP contribution in [0, 0.1) is 5.92 Å². The molecule has 0 aromatic heterocycles. The monoisotopic (exact) mass is 274 g/mol. The second-order valence-electron chi connectivity index (χ2n) is 5.14.